The SMILES string of the molecule is CCCCN(CC(=O)N(Cc1ccco1)Cc1cccn1C)C(=O)c1ccc(-c2ccccc2)cc1. The summed E-state index contributed by atoms with van der Waals surface area (Å²) in [5, 5.41) is 0. The Bertz CT molecular complexity index is 1240. The second-order valence-corrected chi connectivity index (χ2v) is 8.96. The summed E-state index contributed by atoms with van der Waals surface area (Å²) in [6.07, 6.45) is 5.33. The van der Waals surface area contributed by atoms with Crippen molar-refractivity contribution in [2.45, 2.75) is 32.9 Å². The number of unbranched alkanes of at least 4 members (excludes halogenated alkanes) is 1. The number of carbonyl (C=O) groups excluding carboxylic acids is 2. The number of furan rings is 1. The fourth-order valence-corrected chi connectivity index (χ4v) is 4.16. The number of carbonyl (C=O) groups is 2. The molecule has 186 valence electrons. The van der Waals surface area contributed by atoms with Crippen molar-refractivity contribution in [1.82, 2.24) is 14.4 Å². The molecule has 0 aliphatic heterocycles. The molecule has 6 nitrogen and oxygen atoms in total. The van der Waals surface area contributed by atoms with Crippen molar-refractivity contribution in [3.8, 4) is 11.1 Å². The summed E-state index contributed by atoms with van der Waals surface area (Å²) in [7, 11) is 1.96. The van der Waals surface area contributed by atoms with Crippen LogP contribution >= 0.6 is 0 Å². The van der Waals surface area contributed by atoms with Gasteiger partial charge in [0.25, 0.3) is 5.91 Å². The fourth-order valence-electron chi connectivity index (χ4n) is 4.16. The van der Waals surface area contributed by atoms with E-state index in [2.05, 4.69) is 6.92 Å². The Balaban J connectivity index is 1.51. The number of aromatic nitrogens is 1. The Labute approximate surface area is 212 Å². The van der Waals surface area contributed by atoms with Gasteiger partial charge in [0.2, 0.25) is 5.91 Å². The number of amides is 2. The molecule has 0 bridgehead atoms. The van der Waals surface area contributed by atoms with E-state index >= 15 is 0 Å². The number of hydrogen-bond acceptors (Lipinski definition) is 3. The molecule has 0 N–H and O–H groups in total. The lowest BCUT2D eigenvalue weighted by Gasteiger charge is -2.27. The van der Waals surface area contributed by atoms with E-state index in [4.69, 9.17) is 4.42 Å². The van der Waals surface area contributed by atoms with Crippen LogP contribution in [0.3, 0.4) is 0 Å². The molecule has 0 unspecified atom stereocenters. The number of benzene rings is 2. The van der Waals surface area contributed by atoms with Gasteiger partial charge in [0, 0.05) is 31.0 Å². The number of aryl methyl sites for hydroxylation is 1. The highest BCUT2D eigenvalue weighted by Gasteiger charge is 2.23. The van der Waals surface area contributed by atoms with Crippen molar-refractivity contribution in [2.24, 2.45) is 7.05 Å². The summed E-state index contributed by atoms with van der Waals surface area (Å²) < 4.78 is 7.51. The molecule has 4 rings (SSSR count). The molecule has 0 saturated heterocycles. The zero-order valence-electron chi connectivity index (χ0n) is 21.0. The molecule has 2 aromatic heterocycles. The Morgan fingerprint density at radius 3 is 2.22 bits per heavy atom. The van der Waals surface area contributed by atoms with Gasteiger partial charge in [0.05, 0.1) is 19.4 Å². The van der Waals surface area contributed by atoms with Crippen LogP contribution in [-0.2, 0) is 24.9 Å². The Morgan fingerprint density at radius 2 is 1.58 bits per heavy atom. The van der Waals surface area contributed by atoms with Gasteiger partial charge in [-0.05, 0) is 53.9 Å². The third kappa shape index (κ3) is 6.33. The van der Waals surface area contributed by atoms with Crippen LogP contribution in [0.2, 0.25) is 0 Å². The van der Waals surface area contributed by atoms with Crippen molar-refractivity contribution < 1.29 is 14.0 Å². The van der Waals surface area contributed by atoms with E-state index in [0.29, 0.717) is 31.0 Å². The average molecular weight is 484 g/mol. The first kappa shape index (κ1) is 25.0. The topological polar surface area (TPSA) is 58.7 Å². The lowest BCUT2D eigenvalue weighted by molar-refractivity contribution is -0.133. The molecule has 0 radical (unpaired) electrons. The molecule has 0 spiro atoms. The molecule has 6 heteroatoms. The van der Waals surface area contributed by atoms with Crippen molar-refractivity contribution >= 4 is 11.8 Å². The molecular weight excluding hydrogens is 450 g/mol. The van der Waals surface area contributed by atoms with E-state index in [1.54, 1.807) is 16.1 Å². The first-order valence-electron chi connectivity index (χ1n) is 12.4. The lowest BCUT2D eigenvalue weighted by Crippen LogP contribution is -2.43. The van der Waals surface area contributed by atoms with E-state index < -0.39 is 0 Å². The van der Waals surface area contributed by atoms with Gasteiger partial charge in [0.15, 0.2) is 0 Å². The molecule has 0 atom stereocenters. The second kappa shape index (κ2) is 12.1. The van der Waals surface area contributed by atoms with Crippen LogP contribution < -0.4 is 0 Å². The standard InChI is InChI=1S/C30H33N3O3/c1-3-4-19-32(30(35)26-16-14-25(15-17-26)24-10-6-5-7-11-24)23-29(34)33(22-28-13-9-20-36-28)21-27-12-8-18-31(27)2/h5-18,20H,3-4,19,21-23H2,1-2H3. The van der Waals surface area contributed by atoms with Gasteiger partial charge in [-0.3, -0.25) is 9.59 Å². The van der Waals surface area contributed by atoms with Crippen LogP contribution in [0.5, 0.6) is 0 Å². The van der Waals surface area contributed by atoms with Crippen LogP contribution in [-0.4, -0.2) is 39.3 Å². The maximum Gasteiger partial charge on any atom is 0.254 e. The minimum atomic E-state index is -0.131. The van der Waals surface area contributed by atoms with E-state index in [9.17, 15) is 9.59 Å². The van der Waals surface area contributed by atoms with Gasteiger partial charge in [-0.25, -0.2) is 0 Å². The van der Waals surface area contributed by atoms with Crippen molar-refractivity contribution in [3.63, 3.8) is 0 Å². The van der Waals surface area contributed by atoms with Crippen LogP contribution in [0.15, 0.2) is 95.7 Å². The molecule has 36 heavy (non-hydrogen) atoms. The molecule has 2 aromatic carbocycles. The second-order valence-electron chi connectivity index (χ2n) is 8.96. The first-order chi connectivity index (χ1) is 17.5. The minimum absolute atomic E-state index is 0.0183. The Hall–Kier alpha value is -4.06. The molecule has 2 amide bonds. The summed E-state index contributed by atoms with van der Waals surface area (Å²) in [6.45, 7) is 3.41. The Kier molecular flexibility index (Phi) is 8.40. The van der Waals surface area contributed by atoms with Gasteiger partial charge < -0.3 is 18.8 Å². The molecule has 0 aliphatic carbocycles. The first-order valence-corrected chi connectivity index (χ1v) is 12.4. The highest BCUT2D eigenvalue weighted by molar-refractivity contribution is 5.97. The predicted octanol–water partition coefficient (Wildman–Crippen LogP) is 5.76. The summed E-state index contributed by atoms with van der Waals surface area (Å²) in [6, 6.07) is 25.3. The van der Waals surface area contributed by atoms with Gasteiger partial charge in [-0.2, -0.15) is 0 Å². The van der Waals surface area contributed by atoms with Crippen LogP contribution in [0.1, 0.15) is 41.6 Å². The summed E-state index contributed by atoms with van der Waals surface area (Å²) >= 11 is 0. The molecule has 0 saturated carbocycles. The molecule has 4 aromatic rings. The largest absolute Gasteiger partial charge is 0.467 e. The van der Waals surface area contributed by atoms with Gasteiger partial charge in [0.1, 0.15) is 12.3 Å². The zero-order chi connectivity index (χ0) is 25.3. The van der Waals surface area contributed by atoms with Crippen LogP contribution in [0.25, 0.3) is 11.1 Å². The number of nitrogens with zero attached hydrogens (tertiary/aromatic N) is 3. The summed E-state index contributed by atoms with van der Waals surface area (Å²) in [5.74, 6) is 0.465. The number of hydrogen-bond donors (Lipinski definition) is 0. The predicted molar refractivity (Wildman–Crippen MR) is 141 cm³/mol. The summed E-state index contributed by atoms with van der Waals surface area (Å²) in [5.41, 5.74) is 3.75. The maximum absolute atomic E-state index is 13.5. The molecule has 0 aliphatic rings. The third-order valence-electron chi connectivity index (χ3n) is 6.32. The third-order valence-corrected chi connectivity index (χ3v) is 6.32. The van der Waals surface area contributed by atoms with E-state index in [-0.39, 0.29) is 18.4 Å². The smallest absolute Gasteiger partial charge is 0.254 e. The average Bonchev–Trinajstić information content (AvgIpc) is 3.58. The maximum atomic E-state index is 13.5. The Morgan fingerprint density at radius 1 is 0.833 bits per heavy atom. The van der Waals surface area contributed by atoms with Crippen molar-refractivity contribution in [2.75, 3.05) is 13.1 Å². The van der Waals surface area contributed by atoms with Crippen LogP contribution in [0, 0.1) is 0 Å². The zero-order valence-corrected chi connectivity index (χ0v) is 21.0. The van der Waals surface area contributed by atoms with Crippen molar-refractivity contribution in [3.05, 3.63) is 108 Å². The van der Waals surface area contributed by atoms with E-state index in [0.717, 1.165) is 29.7 Å². The van der Waals surface area contributed by atoms with Gasteiger partial charge in [-0.1, -0.05) is 55.8 Å². The molecule has 2 heterocycles. The molecular formula is C30H33N3O3. The van der Waals surface area contributed by atoms with Crippen molar-refractivity contribution in [1.29, 1.82) is 0 Å². The molecule has 0 fully saturated rings. The monoisotopic (exact) mass is 483 g/mol. The fraction of sp³-hybridized carbons (Fsp3) is 0.267. The van der Waals surface area contributed by atoms with Gasteiger partial charge in [-0.15, -0.1) is 0 Å². The highest BCUT2D eigenvalue weighted by atomic mass is 16.3. The quantitative estimate of drug-likeness (QED) is 0.273. The highest BCUT2D eigenvalue weighted by Crippen LogP contribution is 2.20. The van der Waals surface area contributed by atoms with E-state index in [1.165, 1.54) is 0 Å². The number of rotatable bonds is 11. The summed E-state index contributed by atoms with van der Waals surface area (Å²) in [4.78, 5) is 30.4. The normalized spacial score (nSPS) is 10.8. The van der Waals surface area contributed by atoms with Crippen LogP contribution in [0.4, 0.5) is 0 Å². The van der Waals surface area contributed by atoms with E-state index in [1.807, 2.05) is 96.7 Å². The lowest BCUT2D eigenvalue weighted by atomic mass is 10.0. The van der Waals surface area contributed by atoms with Gasteiger partial charge >= 0.3 is 0 Å². The minimum Gasteiger partial charge on any atom is -0.467 e.